The average molecular weight is 627 g/mol. The van der Waals surface area contributed by atoms with Crippen LogP contribution in [0, 0.1) is 11.7 Å². The van der Waals surface area contributed by atoms with Gasteiger partial charge in [-0.15, -0.1) is 24.8 Å². The second kappa shape index (κ2) is 14.8. The zero-order valence-electron chi connectivity index (χ0n) is 24.1. The van der Waals surface area contributed by atoms with Crippen LogP contribution in [0.25, 0.3) is 0 Å². The second-order valence-corrected chi connectivity index (χ2v) is 10.2. The highest BCUT2D eigenvalue weighted by Gasteiger charge is 2.35. The van der Waals surface area contributed by atoms with Gasteiger partial charge in [0.2, 0.25) is 5.75 Å². The molecule has 5 rings (SSSR count). The number of fused-ring (bicyclic) bond motifs is 1. The van der Waals surface area contributed by atoms with E-state index in [1.807, 2.05) is 11.0 Å². The van der Waals surface area contributed by atoms with Crippen molar-refractivity contribution in [3.63, 3.8) is 0 Å². The lowest BCUT2D eigenvalue weighted by Crippen LogP contribution is -2.42. The van der Waals surface area contributed by atoms with Crippen LogP contribution in [0.1, 0.15) is 24.8 Å². The Hall–Kier alpha value is -3.21. The average Bonchev–Trinajstić information content (AvgIpc) is 3.39. The van der Waals surface area contributed by atoms with Gasteiger partial charge in [0, 0.05) is 31.3 Å². The molecule has 2 heterocycles. The van der Waals surface area contributed by atoms with Crippen LogP contribution in [-0.4, -0.2) is 65.6 Å². The summed E-state index contributed by atoms with van der Waals surface area (Å²) in [5.74, 6) is 2.61. The molecule has 2 aliphatic rings. The summed E-state index contributed by atoms with van der Waals surface area (Å²) >= 11 is 0. The molecule has 0 radical (unpaired) electrons. The van der Waals surface area contributed by atoms with E-state index in [0.717, 1.165) is 50.1 Å². The first-order valence-electron chi connectivity index (χ1n) is 13.7. The van der Waals surface area contributed by atoms with Crippen molar-refractivity contribution in [1.82, 2.24) is 4.90 Å². The molecule has 0 spiro atoms. The van der Waals surface area contributed by atoms with Crippen LogP contribution in [0.5, 0.6) is 23.0 Å². The molecule has 1 N–H and O–H groups in total. The first-order chi connectivity index (χ1) is 19.4. The number of ether oxygens (including phenoxy) is 4. The Bertz CT molecular complexity index is 1410. The number of rotatable bonds is 12. The zero-order chi connectivity index (χ0) is 28.2. The van der Waals surface area contributed by atoms with E-state index in [4.69, 9.17) is 18.9 Å². The van der Waals surface area contributed by atoms with Crippen LogP contribution in [0.15, 0.2) is 39.9 Å². The Balaban J connectivity index is 0.00000242. The van der Waals surface area contributed by atoms with Crippen molar-refractivity contribution in [2.75, 3.05) is 70.9 Å². The third-order valence-electron chi connectivity index (χ3n) is 7.99. The number of nitrogens with zero attached hydrogens (tertiary/aromatic N) is 2. The molecule has 0 bridgehead atoms. The first kappa shape index (κ1) is 33.3. The fourth-order valence-corrected chi connectivity index (χ4v) is 5.77. The maximum Gasteiger partial charge on any atom is 0.253 e. The number of nitrogens with one attached hydrogen (secondary N) is 1. The van der Waals surface area contributed by atoms with Gasteiger partial charge in [-0.3, -0.25) is 9.59 Å². The van der Waals surface area contributed by atoms with Crippen molar-refractivity contribution in [1.29, 1.82) is 0 Å². The van der Waals surface area contributed by atoms with Crippen LogP contribution < -0.4 is 40.0 Å². The molecule has 42 heavy (non-hydrogen) atoms. The summed E-state index contributed by atoms with van der Waals surface area (Å²) in [5.41, 5.74) is 1.53. The molecule has 9 nitrogen and oxygen atoms in total. The van der Waals surface area contributed by atoms with Gasteiger partial charge in [0.25, 0.3) is 10.9 Å². The molecule has 0 aliphatic carbocycles. The van der Waals surface area contributed by atoms with Gasteiger partial charge in [0.15, 0.2) is 11.5 Å². The maximum atomic E-state index is 13.0. The van der Waals surface area contributed by atoms with Gasteiger partial charge in [-0.25, -0.2) is 4.39 Å². The largest absolute Gasteiger partial charge is 0.494 e. The van der Waals surface area contributed by atoms with Gasteiger partial charge in [-0.1, -0.05) is 0 Å². The van der Waals surface area contributed by atoms with E-state index < -0.39 is 10.9 Å². The first-order valence-corrected chi connectivity index (χ1v) is 13.7. The summed E-state index contributed by atoms with van der Waals surface area (Å²) in [7, 11) is 4.69. The minimum atomic E-state index is -0.479. The Kier molecular flexibility index (Phi) is 11.7. The summed E-state index contributed by atoms with van der Waals surface area (Å²) in [6, 6.07) is 7.95. The molecular weight excluding hydrogens is 588 g/mol. The third kappa shape index (κ3) is 6.71. The summed E-state index contributed by atoms with van der Waals surface area (Å²) in [5, 5.41) is 3.24. The Morgan fingerprint density at radius 1 is 0.929 bits per heavy atom. The zero-order valence-corrected chi connectivity index (χ0v) is 25.7. The van der Waals surface area contributed by atoms with Crippen LogP contribution in [0.3, 0.4) is 0 Å². The molecule has 1 saturated heterocycles. The number of methoxy groups -OCH3 is 3. The standard InChI is InChI=1S/C30H36FN3O6.2ClH/c1-37-24-18-23-22(29(38-2)30(24)39-3)10-15-34(23)26-25(27(35)28(26)36)32-12-16-33-13-8-19(9-14-33)11-17-40-21-6-4-20(31)5-7-21;;/h4-7,18-19,32H,8-17H2,1-3H3;2*1H. The van der Waals surface area contributed by atoms with Crippen molar-refractivity contribution in [3.05, 3.63) is 62.2 Å². The number of halogens is 3. The van der Waals surface area contributed by atoms with Gasteiger partial charge in [0.1, 0.15) is 22.9 Å². The number of anilines is 3. The lowest BCUT2D eigenvalue weighted by Gasteiger charge is -2.32. The SMILES string of the molecule is COc1cc2c(c(OC)c1OC)CCN2c1c(NCCN2CCC(CCOc3ccc(F)cc3)CC2)c(=O)c1=O.Cl.Cl. The molecule has 2 aliphatic heterocycles. The van der Waals surface area contributed by atoms with Gasteiger partial charge >= 0.3 is 0 Å². The third-order valence-corrected chi connectivity index (χ3v) is 7.99. The summed E-state index contributed by atoms with van der Waals surface area (Å²) in [6.45, 7) is 4.48. The van der Waals surface area contributed by atoms with Crippen LogP contribution in [0.2, 0.25) is 0 Å². The highest BCUT2D eigenvalue weighted by atomic mass is 35.5. The Morgan fingerprint density at radius 3 is 2.26 bits per heavy atom. The molecule has 0 saturated carbocycles. The normalized spacial score (nSPS) is 15.0. The quantitative estimate of drug-likeness (QED) is 0.291. The van der Waals surface area contributed by atoms with Crippen molar-refractivity contribution in [3.8, 4) is 23.0 Å². The fraction of sp³-hybridized carbons (Fsp3) is 0.467. The number of piperidine rings is 1. The van der Waals surface area contributed by atoms with Gasteiger partial charge in [0.05, 0.1) is 33.6 Å². The number of hydrogen-bond acceptors (Lipinski definition) is 9. The van der Waals surface area contributed by atoms with E-state index >= 15 is 0 Å². The highest BCUT2D eigenvalue weighted by Crippen LogP contribution is 2.49. The molecule has 3 aromatic carbocycles. The number of likely N-dealkylation sites (tertiary alicyclic amines) is 1. The Morgan fingerprint density at radius 2 is 1.62 bits per heavy atom. The van der Waals surface area contributed by atoms with Crippen LogP contribution in [-0.2, 0) is 6.42 Å². The van der Waals surface area contributed by atoms with E-state index in [0.29, 0.717) is 66.4 Å². The van der Waals surface area contributed by atoms with Crippen LogP contribution in [0.4, 0.5) is 21.5 Å². The summed E-state index contributed by atoms with van der Waals surface area (Å²) in [6.07, 6.45) is 3.78. The Labute approximate surface area is 257 Å². The van der Waals surface area contributed by atoms with Crippen molar-refractivity contribution >= 4 is 41.9 Å². The predicted molar refractivity (Wildman–Crippen MR) is 167 cm³/mol. The maximum absolute atomic E-state index is 13.0. The molecule has 3 aromatic rings. The topological polar surface area (TPSA) is 89.6 Å². The summed E-state index contributed by atoms with van der Waals surface area (Å²) < 4.78 is 35.4. The van der Waals surface area contributed by atoms with Gasteiger partial charge in [-0.2, -0.15) is 0 Å². The van der Waals surface area contributed by atoms with E-state index in [9.17, 15) is 14.0 Å². The van der Waals surface area contributed by atoms with E-state index in [2.05, 4.69) is 10.2 Å². The second-order valence-electron chi connectivity index (χ2n) is 10.2. The minimum Gasteiger partial charge on any atom is -0.494 e. The number of benzene rings is 2. The van der Waals surface area contributed by atoms with Gasteiger partial charge in [-0.05, 0) is 69.0 Å². The molecule has 0 unspecified atom stereocenters. The minimum absolute atomic E-state index is 0. The summed E-state index contributed by atoms with van der Waals surface area (Å²) in [4.78, 5) is 29.5. The fourth-order valence-electron chi connectivity index (χ4n) is 5.77. The molecule has 1 fully saturated rings. The highest BCUT2D eigenvalue weighted by molar-refractivity contribution is 5.86. The molecule has 0 aromatic heterocycles. The molecule has 12 heteroatoms. The van der Waals surface area contributed by atoms with E-state index in [-0.39, 0.29) is 30.6 Å². The van der Waals surface area contributed by atoms with Gasteiger partial charge < -0.3 is 34.1 Å². The predicted octanol–water partition coefficient (Wildman–Crippen LogP) is 4.58. The smallest absolute Gasteiger partial charge is 0.253 e. The molecule has 0 atom stereocenters. The monoisotopic (exact) mass is 625 g/mol. The number of hydrogen-bond donors (Lipinski definition) is 1. The van der Waals surface area contributed by atoms with Crippen LogP contribution >= 0.6 is 24.8 Å². The molecule has 0 amide bonds. The van der Waals surface area contributed by atoms with Crippen molar-refractivity contribution < 1.29 is 23.3 Å². The van der Waals surface area contributed by atoms with Crippen molar-refractivity contribution in [2.45, 2.75) is 25.7 Å². The van der Waals surface area contributed by atoms with E-state index in [1.165, 1.54) is 12.1 Å². The lowest BCUT2D eigenvalue weighted by molar-refractivity contribution is 0.167. The van der Waals surface area contributed by atoms with Crippen molar-refractivity contribution in [2.24, 2.45) is 5.92 Å². The molecule has 230 valence electrons. The lowest BCUT2D eigenvalue weighted by atomic mass is 9.94. The molecular formula is C30H38Cl2FN3O6. The van der Waals surface area contributed by atoms with E-state index in [1.54, 1.807) is 33.5 Å².